The van der Waals surface area contributed by atoms with Gasteiger partial charge in [0.2, 0.25) is 0 Å². The molecule has 132 valence electrons. The Morgan fingerprint density at radius 2 is 2.20 bits per heavy atom. The van der Waals surface area contributed by atoms with Gasteiger partial charge in [0.1, 0.15) is 0 Å². The van der Waals surface area contributed by atoms with E-state index < -0.39 is 0 Å². The molecule has 0 bridgehead atoms. The summed E-state index contributed by atoms with van der Waals surface area (Å²) in [6.07, 6.45) is 4.47. The lowest BCUT2D eigenvalue weighted by Gasteiger charge is -2.19. The summed E-state index contributed by atoms with van der Waals surface area (Å²) in [5, 5.41) is 3.05. The van der Waals surface area contributed by atoms with E-state index in [1.807, 2.05) is 12.1 Å². The van der Waals surface area contributed by atoms with Gasteiger partial charge in [0, 0.05) is 36.8 Å². The third kappa shape index (κ3) is 3.72. The molecule has 5 heteroatoms. The van der Waals surface area contributed by atoms with Gasteiger partial charge in [-0.3, -0.25) is 4.79 Å². The molecule has 1 saturated heterocycles. The van der Waals surface area contributed by atoms with Gasteiger partial charge in [0.05, 0.1) is 11.0 Å². The summed E-state index contributed by atoms with van der Waals surface area (Å²) in [5.41, 5.74) is 2.79. The molecule has 1 N–H and O–H groups in total. The molecule has 0 saturated carbocycles. The molecular formula is C20H24N2O2S. The molecule has 0 spiro atoms. The predicted octanol–water partition coefficient (Wildman–Crippen LogP) is 3.78. The standard InChI is InChI=1S/C20H24N2O2S/c23-20(19-9-8-18(25-19)17-7-3-14-24-17)21-11-4-12-22-13-10-15-5-1-2-6-16(15)22/h1-2,5-6,8-9,17H,3-4,7,10-14H2,(H,21,23). The average molecular weight is 356 g/mol. The van der Waals surface area contributed by atoms with Crippen LogP contribution in [0.25, 0.3) is 0 Å². The highest BCUT2D eigenvalue weighted by molar-refractivity contribution is 7.14. The van der Waals surface area contributed by atoms with Gasteiger partial charge in [0.25, 0.3) is 5.91 Å². The number of rotatable bonds is 6. The van der Waals surface area contributed by atoms with Gasteiger partial charge in [-0.15, -0.1) is 11.3 Å². The zero-order chi connectivity index (χ0) is 17.1. The summed E-state index contributed by atoms with van der Waals surface area (Å²) in [5.74, 6) is 0.0380. The molecule has 1 aromatic heterocycles. The maximum absolute atomic E-state index is 12.3. The third-order valence-corrected chi connectivity index (χ3v) is 6.15. The highest BCUT2D eigenvalue weighted by Crippen LogP contribution is 2.33. The number of carbonyl (C=O) groups excluding carboxylic acids is 1. The molecule has 2 aliphatic rings. The quantitative estimate of drug-likeness (QED) is 0.801. The molecule has 0 aliphatic carbocycles. The fourth-order valence-corrected chi connectivity index (χ4v) is 4.66. The van der Waals surface area contributed by atoms with Crippen molar-refractivity contribution in [1.82, 2.24) is 5.32 Å². The molecular weight excluding hydrogens is 332 g/mol. The van der Waals surface area contributed by atoms with Gasteiger partial charge in [-0.05, 0) is 49.4 Å². The summed E-state index contributed by atoms with van der Waals surface area (Å²) in [6, 6.07) is 12.6. The average Bonchev–Trinajstić information content (AvgIpc) is 3.38. The van der Waals surface area contributed by atoms with E-state index in [-0.39, 0.29) is 12.0 Å². The van der Waals surface area contributed by atoms with Crippen LogP contribution in [0, 0.1) is 0 Å². The lowest BCUT2D eigenvalue weighted by Crippen LogP contribution is -2.28. The number of benzene rings is 1. The number of amides is 1. The van der Waals surface area contributed by atoms with Crippen molar-refractivity contribution in [1.29, 1.82) is 0 Å². The highest BCUT2D eigenvalue weighted by Gasteiger charge is 2.21. The number of thiophene rings is 1. The zero-order valence-electron chi connectivity index (χ0n) is 14.4. The second kappa shape index (κ2) is 7.58. The van der Waals surface area contributed by atoms with Crippen LogP contribution >= 0.6 is 11.3 Å². The molecule has 1 unspecified atom stereocenters. The number of hydrogen-bond donors (Lipinski definition) is 1. The van der Waals surface area contributed by atoms with Crippen LogP contribution < -0.4 is 10.2 Å². The Balaban J connectivity index is 1.23. The summed E-state index contributed by atoms with van der Waals surface area (Å²) in [4.78, 5) is 16.7. The van der Waals surface area contributed by atoms with Crippen molar-refractivity contribution in [2.75, 3.05) is 31.1 Å². The Kier molecular flexibility index (Phi) is 5.04. The second-order valence-electron chi connectivity index (χ2n) is 6.68. The van der Waals surface area contributed by atoms with Crippen LogP contribution in [0.4, 0.5) is 5.69 Å². The minimum absolute atomic E-state index is 0.0380. The molecule has 0 radical (unpaired) electrons. The fourth-order valence-electron chi connectivity index (χ4n) is 3.65. The van der Waals surface area contributed by atoms with Crippen LogP contribution in [-0.2, 0) is 11.2 Å². The summed E-state index contributed by atoms with van der Waals surface area (Å²) < 4.78 is 5.69. The number of ether oxygens (including phenoxy) is 1. The third-order valence-electron chi connectivity index (χ3n) is 4.97. The largest absolute Gasteiger partial charge is 0.373 e. The summed E-state index contributed by atoms with van der Waals surface area (Å²) in [6.45, 7) is 3.63. The first-order valence-corrected chi connectivity index (χ1v) is 9.95. The van der Waals surface area contributed by atoms with E-state index in [0.717, 1.165) is 50.3 Å². The molecule has 2 aliphatic heterocycles. The fraction of sp³-hybridized carbons (Fsp3) is 0.450. The van der Waals surface area contributed by atoms with Gasteiger partial charge < -0.3 is 15.0 Å². The van der Waals surface area contributed by atoms with Crippen LogP contribution in [0.2, 0.25) is 0 Å². The molecule has 4 nitrogen and oxygen atoms in total. The number of carbonyl (C=O) groups is 1. The van der Waals surface area contributed by atoms with Gasteiger partial charge in [-0.1, -0.05) is 18.2 Å². The van der Waals surface area contributed by atoms with Crippen LogP contribution in [0.1, 0.15) is 45.5 Å². The molecule has 2 aromatic rings. The number of nitrogens with one attached hydrogen (secondary N) is 1. The Bertz CT molecular complexity index is 737. The zero-order valence-corrected chi connectivity index (χ0v) is 15.2. The number of nitrogens with zero attached hydrogens (tertiary/aromatic N) is 1. The van der Waals surface area contributed by atoms with Crippen molar-refractivity contribution < 1.29 is 9.53 Å². The Morgan fingerprint density at radius 1 is 1.28 bits per heavy atom. The first-order chi connectivity index (χ1) is 12.3. The normalized spacial score (nSPS) is 19.2. The van der Waals surface area contributed by atoms with E-state index in [1.54, 1.807) is 11.3 Å². The summed E-state index contributed by atoms with van der Waals surface area (Å²) in [7, 11) is 0. The maximum atomic E-state index is 12.3. The SMILES string of the molecule is O=C(NCCCN1CCc2ccccc21)c1ccc(C2CCCO2)s1. The van der Waals surface area contributed by atoms with Gasteiger partial charge in [-0.2, -0.15) is 0 Å². The molecule has 1 aromatic carbocycles. The minimum Gasteiger partial charge on any atom is -0.373 e. The Hall–Kier alpha value is -1.85. The van der Waals surface area contributed by atoms with Gasteiger partial charge in [-0.25, -0.2) is 0 Å². The number of anilines is 1. The van der Waals surface area contributed by atoms with Gasteiger partial charge >= 0.3 is 0 Å². The minimum atomic E-state index is 0.0380. The molecule has 1 amide bonds. The van der Waals surface area contributed by atoms with Crippen LogP contribution in [0.15, 0.2) is 36.4 Å². The lowest BCUT2D eigenvalue weighted by atomic mass is 10.2. The van der Waals surface area contributed by atoms with Crippen molar-refractivity contribution in [3.05, 3.63) is 51.7 Å². The molecule has 25 heavy (non-hydrogen) atoms. The number of fused-ring (bicyclic) bond motifs is 1. The van der Waals surface area contributed by atoms with E-state index >= 15 is 0 Å². The monoisotopic (exact) mass is 356 g/mol. The van der Waals surface area contributed by atoms with E-state index in [4.69, 9.17) is 4.74 Å². The topological polar surface area (TPSA) is 41.6 Å². The van der Waals surface area contributed by atoms with E-state index in [0.29, 0.717) is 6.54 Å². The number of hydrogen-bond acceptors (Lipinski definition) is 4. The van der Waals surface area contributed by atoms with Crippen LogP contribution in [-0.4, -0.2) is 32.1 Å². The lowest BCUT2D eigenvalue weighted by molar-refractivity contribution is 0.0957. The van der Waals surface area contributed by atoms with Crippen molar-refractivity contribution in [3.8, 4) is 0 Å². The molecule has 1 atom stereocenters. The molecule has 1 fully saturated rings. The van der Waals surface area contributed by atoms with Crippen molar-refractivity contribution in [2.24, 2.45) is 0 Å². The van der Waals surface area contributed by atoms with Gasteiger partial charge in [0.15, 0.2) is 0 Å². The number of para-hydroxylation sites is 1. The first kappa shape index (κ1) is 16.6. The smallest absolute Gasteiger partial charge is 0.261 e. The van der Waals surface area contributed by atoms with Crippen LogP contribution in [0.3, 0.4) is 0 Å². The van der Waals surface area contributed by atoms with E-state index in [1.165, 1.54) is 16.1 Å². The highest BCUT2D eigenvalue weighted by atomic mass is 32.1. The maximum Gasteiger partial charge on any atom is 0.261 e. The summed E-state index contributed by atoms with van der Waals surface area (Å²) >= 11 is 1.56. The Labute approximate surface area is 152 Å². The molecule has 3 heterocycles. The van der Waals surface area contributed by atoms with Crippen molar-refractivity contribution in [2.45, 2.75) is 31.8 Å². The Morgan fingerprint density at radius 3 is 3.08 bits per heavy atom. The first-order valence-electron chi connectivity index (χ1n) is 9.13. The van der Waals surface area contributed by atoms with E-state index in [9.17, 15) is 4.79 Å². The molecule has 4 rings (SSSR count). The predicted molar refractivity (Wildman–Crippen MR) is 102 cm³/mol. The van der Waals surface area contributed by atoms with Crippen molar-refractivity contribution >= 4 is 22.9 Å². The van der Waals surface area contributed by atoms with E-state index in [2.05, 4.69) is 34.5 Å². The second-order valence-corrected chi connectivity index (χ2v) is 7.79. The van der Waals surface area contributed by atoms with Crippen LogP contribution in [0.5, 0.6) is 0 Å². The van der Waals surface area contributed by atoms with Crippen molar-refractivity contribution in [3.63, 3.8) is 0 Å².